The molecular weight excluding hydrogens is 351 g/mol. The van der Waals surface area contributed by atoms with Crippen molar-refractivity contribution in [1.29, 1.82) is 0 Å². The normalized spacial score (nSPS) is 25.0. The van der Waals surface area contributed by atoms with Crippen LogP contribution in [0.3, 0.4) is 0 Å². The van der Waals surface area contributed by atoms with Crippen molar-refractivity contribution < 1.29 is 14.3 Å². The molecule has 2 saturated heterocycles. The Kier molecular flexibility index (Phi) is 4.24. The van der Waals surface area contributed by atoms with Crippen molar-refractivity contribution in [3.8, 4) is 0 Å². The van der Waals surface area contributed by atoms with E-state index < -0.39 is 11.9 Å². The predicted molar refractivity (Wildman–Crippen MR) is 93.3 cm³/mol. The van der Waals surface area contributed by atoms with Gasteiger partial charge in [0.1, 0.15) is 10.7 Å². The first-order valence-electron chi connectivity index (χ1n) is 8.14. The second-order valence-electron chi connectivity index (χ2n) is 6.45. The molecule has 2 atom stereocenters. The van der Waals surface area contributed by atoms with Gasteiger partial charge in [-0.3, -0.25) is 9.69 Å². The molecule has 0 bridgehead atoms. The number of halogens is 2. The van der Waals surface area contributed by atoms with E-state index in [2.05, 4.69) is 4.90 Å². The number of carbonyl (C=O) groups is 1. The Morgan fingerprint density at radius 1 is 1.29 bits per heavy atom. The largest absolute Gasteiger partial charge is 0.390 e. The molecule has 2 aliphatic heterocycles. The van der Waals surface area contributed by atoms with Crippen LogP contribution in [0.1, 0.15) is 22.5 Å². The Morgan fingerprint density at radius 3 is 2.75 bits per heavy atom. The third-order valence-corrected chi connectivity index (χ3v) is 6.59. The third-order valence-electron chi connectivity index (χ3n) is 4.96. The minimum absolute atomic E-state index is 0.0126. The molecule has 1 aromatic heterocycles. The van der Waals surface area contributed by atoms with Crippen molar-refractivity contribution in [2.75, 3.05) is 26.2 Å². The highest BCUT2D eigenvalue weighted by atomic mass is 35.5. The molecule has 2 aromatic rings. The number of aliphatic hydroxyl groups excluding tert-OH is 1. The lowest BCUT2D eigenvalue weighted by molar-refractivity contribution is 0.0768. The van der Waals surface area contributed by atoms with Gasteiger partial charge in [0, 0.05) is 23.2 Å². The minimum atomic E-state index is -0.545. The lowest BCUT2D eigenvalue weighted by atomic mass is 10.2. The standard InChI is InChI=1S/C17H18ClFN2O2S/c18-15-14-10(19)4-3-5-13(14)24-16(15)17(23)21-8-11(12(22)9-21)20-6-1-2-7-20/h3-5,11-12,22H,1-2,6-9H2. The first-order valence-corrected chi connectivity index (χ1v) is 9.33. The highest BCUT2D eigenvalue weighted by Crippen LogP contribution is 2.38. The molecule has 2 fully saturated rings. The molecule has 1 amide bonds. The molecule has 2 unspecified atom stereocenters. The number of hydrogen-bond donors (Lipinski definition) is 1. The van der Waals surface area contributed by atoms with Gasteiger partial charge in [0.2, 0.25) is 0 Å². The molecular formula is C17H18ClFN2O2S. The summed E-state index contributed by atoms with van der Waals surface area (Å²) in [5.74, 6) is -0.634. The number of benzene rings is 1. The number of carbonyl (C=O) groups excluding carboxylic acids is 1. The molecule has 128 valence electrons. The van der Waals surface area contributed by atoms with Crippen LogP contribution in [0, 0.1) is 5.82 Å². The number of hydrogen-bond acceptors (Lipinski definition) is 4. The number of amides is 1. The highest BCUT2D eigenvalue weighted by Gasteiger charge is 2.39. The van der Waals surface area contributed by atoms with E-state index in [9.17, 15) is 14.3 Å². The first kappa shape index (κ1) is 16.3. The third kappa shape index (κ3) is 2.62. The fourth-order valence-corrected chi connectivity index (χ4v) is 5.24. The number of fused-ring (bicyclic) bond motifs is 1. The predicted octanol–water partition coefficient (Wildman–Crippen LogP) is 2.97. The van der Waals surface area contributed by atoms with Crippen LogP contribution >= 0.6 is 22.9 Å². The Morgan fingerprint density at radius 2 is 2.04 bits per heavy atom. The van der Waals surface area contributed by atoms with Gasteiger partial charge in [-0.2, -0.15) is 0 Å². The number of aliphatic hydroxyl groups is 1. The number of nitrogens with zero attached hydrogens (tertiary/aromatic N) is 2. The van der Waals surface area contributed by atoms with E-state index in [1.54, 1.807) is 17.0 Å². The smallest absolute Gasteiger partial charge is 0.265 e. The van der Waals surface area contributed by atoms with Gasteiger partial charge in [-0.05, 0) is 38.1 Å². The summed E-state index contributed by atoms with van der Waals surface area (Å²) >= 11 is 7.49. The zero-order valence-corrected chi connectivity index (χ0v) is 14.6. The molecule has 0 saturated carbocycles. The van der Waals surface area contributed by atoms with E-state index in [1.165, 1.54) is 17.4 Å². The molecule has 0 aliphatic carbocycles. The Bertz CT molecular complexity index is 790. The molecule has 2 aliphatic rings. The molecule has 7 heteroatoms. The van der Waals surface area contributed by atoms with Crippen molar-refractivity contribution in [2.45, 2.75) is 25.0 Å². The quantitative estimate of drug-likeness (QED) is 0.886. The minimum Gasteiger partial charge on any atom is -0.390 e. The Balaban J connectivity index is 1.60. The van der Waals surface area contributed by atoms with Crippen molar-refractivity contribution in [2.24, 2.45) is 0 Å². The maximum absolute atomic E-state index is 14.0. The Hall–Kier alpha value is -1.21. The fourth-order valence-electron chi connectivity index (χ4n) is 3.72. The topological polar surface area (TPSA) is 43.8 Å². The van der Waals surface area contributed by atoms with Crippen LogP contribution in [0.2, 0.25) is 5.02 Å². The zero-order chi connectivity index (χ0) is 16.8. The van der Waals surface area contributed by atoms with E-state index in [0.717, 1.165) is 25.9 Å². The first-order chi connectivity index (χ1) is 11.6. The van der Waals surface area contributed by atoms with E-state index in [0.29, 0.717) is 28.1 Å². The average Bonchev–Trinajstić information content (AvgIpc) is 3.26. The van der Waals surface area contributed by atoms with Gasteiger partial charge < -0.3 is 10.0 Å². The second-order valence-corrected chi connectivity index (χ2v) is 7.88. The molecule has 0 radical (unpaired) electrons. The maximum atomic E-state index is 14.0. The number of thiophene rings is 1. The van der Waals surface area contributed by atoms with E-state index in [-0.39, 0.29) is 17.0 Å². The van der Waals surface area contributed by atoms with Gasteiger partial charge in [0.15, 0.2) is 0 Å². The molecule has 3 heterocycles. The molecule has 4 nitrogen and oxygen atoms in total. The van der Waals surface area contributed by atoms with Crippen molar-refractivity contribution in [3.05, 3.63) is 33.9 Å². The monoisotopic (exact) mass is 368 g/mol. The van der Waals surface area contributed by atoms with E-state index in [4.69, 9.17) is 11.6 Å². The fraction of sp³-hybridized carbons (Fsp3) is 0.471. The van der Waals surface area contributed by atoms with Crippen molar-refractivity contribution in [1.82, 2.24) is 9.80 Å². The summed E-state index contributed by atoms with van der Waals surface area (Å²) in [6, 6.07) is 4.71. The van der Waals surface area contributed by atoms with Gasteiger partial charge in [0.25, 0.3) is 5.91 Å². The van der Waals surface area contributed by atoms with Gasteiger partial charge in [-0.1, -0.05) is 17.7 Å². The molecule has 0 spiro atoms. The van der Waals surface area contributed by atoms with Gasteiger partial charge in [-0.25, -0.2) is 4.39 Å². The summed E-state index contributed by atoms with van der Waals surface area (Å²) in [6.07, 6.45) is 1.73. The SMILES string of the molecule is O=C(c1sc2cccc(F)c2c1Cl)N1CC(O)C(N2CCCC2)C1. The highest BCUT2D eigenvalue weighted by molar-refractivity contribution is 7.21. The molecule has 24 heavy (non-hydrogen) atoms. The summed E-state index contributed by atoms with van der Waals surface area (Å²) in [6.45, 7) is 2.73. The molecule has 1 N–H and O–H groups in total. The summed E-state index contributed by atoms with van der Waals surface area (Å²) < 4.78 is 14.6. The van der Waals surface area contributed by atoms with Gasteiger partial charge in [-0.15, -0.1) is 11.3 Å². The Labute approximate surface area is 148 Å². The maximum Gasteiger partial charge on any atom is 0.265 e. The van der Waals surface area contributed by atoms with Crippen LogP contribution in [-0.2, 0) is 0 Å². The summed E-state index contributed by atoms with van der Waals surface area (Å²) in [5.41, 5.74) is 0. The van der Waals surface area contributed by atoms with Crippen LogP contribution in [0.4, 0.5) is 4.39 Å². The van der Waals surface area contributed by atoms with Crippen LogP contribution < -0.4 is 0 Å². The molecule has 1 aromatic carbocycles. The lowest BCUT2D eigenvalue weighted by Gasteiger charge is -2.25. The second kappa shape index (κ2) is 6.26. The van der Waals surface area contributed by atoms with Crippen LogP contribution in [0.15, 0.2) is 18.2 Å². The van der Waals surface area contributed by atoms with Crippen molar-refractivity contribution in [3.63, 3.8) is 0 Å². The van der Waals surface area contributed by atoms with Crippen LogP contribution in [0.25, 0.3) is 10.1 Å². The summed E-state index contributed by atoms with van der Waals surface area (Å²) in [7, 11) is 0. The van der Waals surface area contributed by atoms with Crippen LogP contribution in [-0.4, -0.2) is 59.1 Å². The van der Waals surface area contributed by atoms with Gasteiger partial charge in [0.05, 0.1) is 17.2 Å². The van der Waals surface area contributed by atoms with E-state index >= 15 is 0 Å². The number of β-amino-alcohol motifs (C(OH)–C–C–N with tert-alkyl or cyclic N) is 1. The van der Waals surface area contributed by atoms with Crippen LogP contribution in [0.5, 0.6) is 0 Å². The summed E-state index contributed by atoms with van der Waals surface area (Å²) in [4.78, 5) is 17.1. The lowest BCUT2D eigenvalue weighted by Crippen LogP contribution is -2.41. The number of likely N-dealkylation sites (tertiary alicyclic amines) is 2. The van der Waals surface area contributed by atoms with E-state index in [1.807, 2.05) is 0 Å². The number of rotatable bonds is 2. The van der Waals surface area contributed by atoms with Crippen molar-refractivity contribution >= 4 is 38.9 Å². The van der Waals surface area contributed by atoms with Gasteiger partial charge >= 0.3 is 0 Å². The zero-order valence-electron chi connectivity index (χ0n) is 13.0. The average molecular weight is 369 g/mol. The summed E-state index contributed by atoms with van der Waals surface area (Å²) in [5, 5.41) is 10.8. The molecule has 4 rings (SSSR count).